The maximum absolute atomic E-state index is 12.2. The number of nitrogens with two attached hydrogens (primary N) is 2. The number of benzene rings is 2. The normalized spacial score (nSPS) is 11.4. The second-order valence-corrected chi connectivity index (χ2v) is 8.81. The van der Waals surface area contributed by atoms with E-state index in [-0.39, 0.29) is 0 Å². The Labute approximate surface area is 185 Å². The van der Waals surface area contributed by atoms with Gasteiger partial charge in [-0.25, -0.2) is 21.5 Å². The summed E-state index contributed by atoms with van der Waals surface area (Å²) in [6.07, 6.45) is 2.83. The van der Waals surface area contributed by atoms with E-state index in [9.17, 15) is 4.79 Å². The monoisotopic (exact) mass is 451 g/mol. The largest absolute Gasteiger partial charge is 0.352 e. The van der Waals surface area contributed by atoms with E-state index < -0.39 is 6.03 Å². The lowest BCUT2D eigenvalue weighted by Gasteiger charge is -2.24. The maximum atomic E-state index is 12.2. The zero-order valence-corrected chi connectivity index (χ0v) is 19.2. The Morgan fingerprint density at radius 1 is 1.21 bits per heavy atom. The van der Waals surface area contributed by atoms with Gasteiger partial charge in [-0.3, -0.25) is 10.0 Å². The molecule has 2 amide bonds. The van der Waals surface area contributed by atoms with Gasteiger partial charge in [-0.05, 0) is 54.5 Å². The number of aliphatic imine (C=N–C) groups is 1. The Kier molecular flexibility index (Phi) is 9.32. The minimum Gasteiger partial charge on any atom is -0.271 e. The van der Waals surface area contributed by atoms with Crippen LogP contribution in [0.1, 0.15) is 16.7 Å². The average Bonchev–Trinajstić information content (AvgIpc) is 2.70. The molecule has 0 heterocycles. The molecule has 0 saturated carbocycles. The van der Waals surface area contributed by atoms with Crippen LogP contribution in [-0.4, -0.2) is 35.3 Å². The highest BCUT2D eigenvalue weighted by molar-refractivity contribution is 8.38. The zero-order chi connectivity index (χ0) is 21.4. The van der Waals surface area contributed by atoms with Crippen molar-refractivity contribution in [2.45, 2.75) is 19.1 Å². The molecule has 0 atom stereocenters. The second kappa shape index (κ2) is 11.5. The quantitative estimate of drug-likeness (QED) is 0.223. The third-order valence-electron chi connectivity index (χ3n) is 4.20. The second-order valence-electron chi connectivity index (χ2n) is 6.36. The number of hydrazine groups is 2. The van der Waals surface area contributed by atoms with Gasteiger partial charge in [0.15, 0.2) is 0 Å². The van der Waals surface area contributed by atoms with Gasteiger partial charge in [0.1, 0.15) is 4.38 Å². The predicted molar refractivity (Wildman–Crippen MR) is 127 cm³/mol. The first kappa shape index (κ1) is 23.6. The van der Waals surface area contributed by atoms with Gasteiger partial charge in [-0.1, -0.05) is 47.6 Å². The Morgan fingerprint density at radius 3 is 2.59 bits per heavy atom. The van der Waals surface area contributed by atoms with Crippen molar-refractivity contribution in [1.82, 2.24) is 5.01 Å². The van der Waals surface area contributed by atoms with Crippen LogP contribution >= 0.6 is 35.1 Å². The molecule has 0 aromatic heterocycles. The van der Waals surface area contributed by atoms with Crippen LogP contribution in [0.25, 0.3) is 0 Å². The Hall–Kier alpha value is -1.71. The standard InChI is InChI=1S/C20H26ClN5OS2/c1-14-6-4-9-18(26(23)20(27)25(2)22)17(14)13-29-19(28-3)24-11-10-15-7-5-8-16(21)12-15/h4-9,12H,10-11,13,22-23H2,1-3H3/b24-19+. The van der Waals surface area contributed by atoms with Crippen molar-refractivity contribution in [3.05, 3.63) is 64.2 Å². The average molecular weight is 452 g/mol. The van der Waals surface area contributed by atoms with Crippen LogP contribution in [0.5, 0.6) is 0 Å². The molecule has 29 heavy (non-hydrogen) atoms. The molecule has 9 heteroatoms. The van der Waals surface area contributed by atoms with E-state index in [0.29, 0.717) is 18.0 Å². The van der Waals surface area contributed by atoms with Crippen LogP contribution in [0, 0.1) is 6.92 Å². The summed E-state index contributed by atoms with van der Waals surface area (Å²) in [7, 11) is 1.46. The number of carbonyl (C=O) groups excluding carboxylic acids is 1. The summed E-state index contributed by atoms with van der Waals surface area (Å²) in [5.74, 6) is 12.2. The number of aryl methyl sites for hydroxylation is 1. The highest BCUT2D eigenvalue weighted by Crippen LogP contribution is 2.29. The van der Waals surface area contributed by atoms with Crippen LogP contribution in [0.15, 0.2) is 47.5 Å². The Morgan fingerprint density at radius 2 is 1.93 bits per heavy atom. The van der Waals surface area contributed by atoms with E-state index >= 15 is 0 Å². The van der Waals surface area contributed by atoms with E-state index in [0.717, 1.165) is 42.5 Å². The third-order valence-corrected chi connectivity index (χ3v) is 6.57. The molecule has 4 N–H and O–H groups in total. The van der Waals surface area contributed by atoms with Crippen molar-refractivity contribution >= 4 is 51.2 Å². The number of rotatable bonds is 6. The molecule has 2 aromatic rings. The molecular formula is C20H26ClN5OS2. The van der Waals surface area contributed by atoms with Crippen molar-refractivity contribution in [3.8, 4) is 0 Å². The molecule has 0 aliphatic carbocycles. The lowest BCUT2D eigenvalue weighted by atomic mass is 10.1. The molecule has 156 valence electrons. The molecule has 0 unspecified atom stereocenters. The third kappa shape index (κ3) is 6.94. The molecule has 0 fully saturated rings. The number of anilines is 1. The number of urea groups is 1. The van der Waals surface area contributed by atoms with Crippen molar-refractivity contribution in [2.24, 2.45) is 16.7 Å². The number of halogens is 1. The van der Waals surface area contributed by atoms with Crippen molar-refractivity contribution < 1.29 is 4.79 Å². The van der Waals surface area contributed by atoms with E-state index in [1.165, 1.54) is 7.05 Å². The number of nitrogens with zero attached hydrogens (tertiary/aromatic N) is 3. The smallest absolute Gasteiger partial charge is 0.271 e. The highest BCUT2D eigenvalue weighted by Gasteiger charge is 2.19. The van der Waals surface area contributed by atoms with E-state index in [2.05, 4.69) is 0 Å². The molecule has 0 spiro atoms. The first-order valence-electron chi connectivity index (χ1n) is 8.95. The van der Waals surface area contributed by atoms with E-state index in [1.54, 1.807) is 23.5 Å². The van der Waals surface area contributed by atoms with Crippen molar-refractivity contribution in [2.75, 3.05) is 24.9 Å². The zero-order valence-electron chi connectivity index (χ0n) is 16.8. The van der Waals surface area contributed by atoms with E-state index in [4.69, 9.17) is 28.3 Å². The number of hydrogen-bond donors (Lipinski definition) is 2. The molecule has 0 aliphatic rings. The fourth-order valence-electron chi connectivity index (χ4n) is 2.65. The van der Waals surface area contributed by atoms with Gasteiger partial charge >= 0.3 is 6.03 Å². The molecule has 2 rings (SSSR count). The van der Waals surface area contributed by atoms with Crippen LogP contribution < -0.4 is 16.7 Å². The molecule has 0 radical (unpaired) electrons. The topological polar surface area (TPSA) is 88.0 Å². The van der Waals surface area contributed by atoms with E-state index in [1.807, 2.05) is 55.6 Å². The number of amides is 2. The first-order chi connectivity index (χ1) is 13.8. The predicted octanol–water partition coefficient (Wildman–Crippen LogP) is 4.45. The number of hydrogen-bond acceptors (Lipinski definition) is 6. The summed E-state index contributed by atoms with van der Waals surface area (Å²) in [5.41, 5.74) is 3.83. The summed E-state index contributed by atoms with van der Waals surface area (Å²) in [6, 6.07) is 13.0. The molecular weight excluding hydrogens is 426 g/mol. The highest BCUT2D eigenvalue weighted by atomic mass is 35.5. The summed E-state index contributed by atoms with van der Waals surface area (Å²) >= 11 is 9.27. The van der Waals surface area contributed by atoms with Gasteiger partial charge in [0.2, 0.25) is 0 Å². The van der Waals surface area contributed by atoms with Gasteiger partial charge in [0.25, 0.3) is 0 Å². The van der Waals surface area contributed by atoms with Crippen LogP contribution in [0.3, 0.4) is 0 Å². The Balaban J connectivity index is 2.07. The Bertz CT molecular complexity index is 876. The van der Waals surface area contributed by atoms with Crippen LogP contribution in [-0.2, 0) is 12.2 Å². The lowest BCUT2D eigenvalue weighted by molar-refractivity contribution is 0.216. The fraction of sp³-hybridized carbons (Fsp3) is 0.300. The van der Waals surface area contributed by atoms with Gasteiger partial charge < -0.3 is 0 Å². The fourth-order valence-corrected chi connectivity index (χ4v) is 4.55. The SMILES string of the molecule is CS/C(=N\CCc1cccc(Cl)c1)SCc1c(C)cccc1N(N)C(=O)N(C)N. The number of thioether (sulfide) groups is 2. The van der Waals surface area contributed by atoms with Crippen LogP contribution in [0.4, 0.5) is 10.5 Å². The summed E-state index contributed by atoms with van der Waals surface area (Å²) < 4.78 is 0.979. The summed E-state index contributed by atoms with van der Waals surface area (Å²) in [4.78, 5) is 16.9. The molecule has 0 bridgehead atoms. The van der Waals surface area contributed by atoms with Gasteiger partial charge in [0.05, 0.1) is 5.69 Å². The molecule has 0 aliphatic heterocycles. The molecule has 0 saturated heterocycles. The maximum Gasteiger partial charge on any atom is 0.352 e. The summed E-state index contributed by atoms with van der Waals surface area (Å²) in [5, 5.41) is 2.78. The van der Waals surface area contributed by atoms with Crippen molar-refractivity contribution in [3.63, 3.8) is 0 Å². The summed E-state index contributed by atoms with van der Waals surface area (Å²) in [6.45, 7) is 2.68. The molecule has 2 aromatic carbocycles. The van der Waals surface area contributed by atoms with Gasteiger partial charge in [-0.15, -0.1) is 11.8 Å². The lowest BCUT2D eigenvalue weighted by Crippen LogP contribution is -2.49. The minimum atomic E-state index is -0.484. The van der Waals surface area contributed by atoms with Gasteiger partial charge in [-0.2, -0.15) is 0 Å². The van der Waals surface area contributed by atoms with Crippen LogP contribution in [0.2, 0.25) is 5.02 Å². The minimum absolute atomic E-state index is 0.484. The first-order valence-corrected chi connectivity index (χ1v) is 11.5. The number of carbonyl (C=O) groups is 1. The van der Waals surface area contributed by atoms with Crippen molar-refractivity contribution in [1.29, 1.82) is 0 Å². The molecule has 6 nitrogen and oxygen atoms in total. The van der Waals surface area contributed by atoms with Gasteiger partial charge in [0, 0.05) is 24.4 Å².